The van der Waals surface area contributed by atoms with Crippen LogP contribution >= 0.6 is 11.8 Å². The molecule has 7 unspecified atom stereocenters. The molecule has 1 aromatic carbocycles. The van der Waals surface area contributed by atoms with Crippen LogP contribution in [0.4, 0.5) is 0 Å². The molecule has 11 atom stereocenters. The fraction of sp³-hybridized carbons (Fsp3) is 0.585. The Labute approximate surface area is 378 Å². The first-order chi connectivity index (χ1) is 30.6. The zero-order valence-corrected chi connectivity index (χ0v) is 37.6. The number of primary amides is 1. The van der Waals surface area contributed by atoms with Crippen LogP contribution in [0.15, 0.2) is 29.3 Å². The van der Waals surface area contributed by atoms with Gasteiger partial charge in [-0.2, -0.15) is 0 Å². The number of amides is 7. The number of aliphatic hydroxyl groups excluding tert-OH is 2. The van der Waals surface area contributed by atoms with Gasteiger partial charge in [0.15, 0.2) is 0 Å². The number of hydrogen-bond acceptors (Lipinski definition) is 15. The van der Waals surface area contributed by atoms with Crippen molar-refractivity contribution in [2.75, 3.05) is 25.4 Å². The largest absolute Gasteiger partial charge is 0.480 e. The van der Waals surface area contributed by atoms with Crippen LogP contribution in [0.2, 0.25) is 0 Å². The van der Waals surface area contributed by atoms with Crippen molar-refractivity contribution < 1.29 is 63.2 Å². The fourth-order valence-electron chi connectivity index (χ4n) is 7.51. The second kappa shape index (κ2) is 23.4. The van der Waals surface area contributed by atoms with Crippen LogP contribution in [0.3, 0.4) is 0 Å². The summed E-state index contributed by atoms with van der Waals surface area (Å²) in [4.78, 5) is 121. The topological polar surface area (TPSA) is 367 Å². The number of rotatable bonds is 14. The lowest BCUT2D eigenvalue weighted by atomic mass is 9.96. The van der Waals surface area contributed by atoms with E-state index in [9.17, 15) is 58.5 Å². The molecule has 1 aromatic heterocycles. The Morgan fingerprint density at radius 2 is 1.65 bits per heavy atom. The monoisotopic (exact) mass is 932 g/mol. The van der Waals surface area contributed by atoms with E-state index in [2.05, 4.69) is 36.9 Å². The van der Waals surface area contributed by atoms with E-state index in [1.54, 1.807) is 38.1 Å². The minimum atomic E-state index is -1.85. The lowest BCUT2D eigenvalue weighted by Crippen LogP contribution is -2.61. The number of benzene rings is 1. The lowest BCUT2D eigenvalue weighted by Gasteiger charge is -2.33. The van der Waals surface area contributed by atoms with Crippen molar-refractivity contribution >= 4 is 76.0 Å². The third kappa shape index (κ3) is 14.1. The number of nitrogens with two attached hydrogens (primary N) is 2. The summed E-state index contributed by atoms with van der Waals surface area (Å²) >= 11 is 1.10. The molecule has 4 rings (SSSR count). The summed E-state index contributed by atoms with van der Waals surface area (Å²) in [6.45, 7) is 5.99. The van der Waals surface area contributed by atoms with Gasteiger partial charge in [0, 0.05) is 42.5 Å². The number of carbonyl (C=O) groups excluding carboxylic acids is 8. The van der Waals surface area contributed by atoms with Crippen LogP contribution < -0.4 is 43.4 Å². The number of aliphatic carboxylic acids is 1. The van der Waals surface area contributed by atoms with Crippen LogP contribution in [0.5, 0.6) is 0 Å². The molecule has 65 heavy (non-hydrogen) atoms. The summed E-state index contributed by atoms with van der Waals surface area (Å²) in [5, 5.41) is 48.8. The van der Waals surface area contributed by atoms with Crippen LogP contribution in [-0.4, -0.2) is 159 Å². The predicted molar refractivity (Wildman–Crippen MR) is 233 cm³/mol. The van der Waals surface area contributed by atoms with Crippen LogP contribution in [-0.2, 0) is 54.3 Å². The van der Waals surface area contributed by atoms with Gasteiger partial charge in [0.25, 0.3) is 0 Å². The number of nitrogens with zero attached hydrogens (tertiary/aromatic N) is 1. The maximum Gasteiger partial charge on any atom is 0.326 e. The van der Waals surface area contributed by atoms with E-state index in [0.717, 1.165) is 23.6 Å². The molecule has 0 bridgehead atoms. The Hall–Kier alpha value is -5.82. The van der Waals surface area contributed by atoms with E-state index >= 15 is 0 Å². The molecule has 358 valence electrons. The second-order valence-electron chi connectivity index (χ2n) is 16.4. The number of aromatic nitrogens is 1. The van der Waals surface area contributed by atoms with Crippen molar-refractivity contribution in [3.63, 3.8) is 0 Å². The molecule has 23 nitrogen and oxygen atoms in total. The molecule has 3 heterocycles. The number of likely N-dealkylation sites (tertiary alicyclic amines) is 1. The Bertz CT molecular complexity index is 2100. The van der Waals surface area contributed by atoms with E-state index < -0.39 is 146 Å². The van der Waals surface area contributed by atoms with Gasteiger partial charge >= 0.3 is 11.9 Å². The first-order valence-electron chi connectivity index (χ1n) is 21.1. The Morgan fingerprint density at radius 1 is 1.00 bits per heavy atom. The molecular formula is C41H60N10O13S. The molecule has 24 heteroatoms. The zero-order chi connectivity index (χ0) is 48.3. The number of nitrogens with one attached hydrogen (secondary N) is 7. The third-order valence-electron chi connectivity index (χ3n) is 11.5. The van der Waals surface area contributed by atoms with Crippen LogP contribution in [0.25, 0.3) is 10.9 Å². The molecule has 0 radical (unpaired) electrons. The number of carboxylic acid groups (broad SMARTS) is 1. The maximum atomic E-state index is 14.2. The highest BCUT2D eigenvalue weighted by Crippen LogP contribution is 2.32. The van der Waals surface area contributed by atoms with Gasteiger partial charge in [-0.25, -0.2) is 4.79 Å². The van der Waals surface area contributed by atoms with Crippen molar-refractivity contribution in [3.05, 3.63) is 29.8 Å². The molecule has 2 aromatic rings. The smallest absolute Gasteiger partial charge is 0.326 e. The van der Waals surface area contributed by atoms with Crippen LogP contribution in [0, 0.1) is 11.8 Å². The Balaban J connectivity index is 1.65. The van der Waals surface area contributed by atoms with Gasteiger partial charge in [-0.1, -0.05) is 45.4 Å². The number of carbonyl (C=O) groups is 9. The quantitative estimate of drug-likeness (QED) is 0.0651. The number of β-amino-alcohol motifs (C(OH)–C–C–N with tert-alkyl or cyclic N) is 1. The molecule has 2 aliphatic heterocycles. The predicted octanol–water partition coefficient (Wildman–Crippen LogP) is -3.34. The fourth-order valence-corrected chi connectivity index (χ4v) is 8.67. The molecule has 0 spiro atoms. The van der Waals surface area contributed by atoms with E-state index in [-0.39, 0.29) is 18.6 Å². The number of aliphatic hydroxyl groups is 2. The van der Waals surface area contributed by atoms with E-state index in [1.165, 1.54) is 13.8 Å². The summed E-state index contributed by atoms with van der Waals surface area (Å²) < 4.78 is 5.11. The average molecular weight is 933 g/mol. The third-order valence-corrected chi connectivity index (χ3v) is 12.6. The van der Waals surface area contributed by atoms with Crippen molar-refractivity contribution in [1.29, 1.82) is 0 Å². The highest BCUT2D eigenvalue weighted by Gasteiger charge is 2.44. The SMILES string of the molecule is CCC(C)C1NC(=O)CNC(=O)C(N)Cc2c([nH]c3ccccc23)SCC([C@@H](O)N[C@@H](CC(N)=O)C(=O)N2CC(O)CC2C(=O)N[C@H](C(=O)O)[C@@H](C)C(C)OC(C)=O)NC(=O)CNC1=O. The average Bonchev–Trinajstić information content (AvgIpc) is 3.81. The van der Waals surface area contributed by atoms with Gasteiger partial charge in [0.1, 0.15) is 30.5 Å². The van der Waals surface area contributed by atoms with Gasteiger partial charge < -0.3 is 68.0 Å². The number of thioether (sulfide) groups is 1. The van der Waals surface area contributed by atoms with Crippen molar-refractivity contribution in [2.45, 2.75) is 120 Å². The lowest BCUT2D eigenvalue weighted by molar-refractivity contribution is -0.154. The molecule has 14 N–H and O–H groups in total. The normalized spacial score (nSPS) is 24.2. The number of hydrogen-bond donors (Lipinski definition) is 12. The molecule has 0 saturated carbocycles. The maximum absolute atomic E-state index is 14.2. The Morgan fingerprint density at radius 3 is 2.28 bits per heavy atom. The number of H-pyrrole nitrogens is 1. The molecular weight excluding hydrogens is 873 g/mol. The van der Waals surface area contributed by atoms with Gasteiger partial charge in [0.2, 0.25) is 41.4 Å². The van der Waals surface area contributed by atoms with E-state index in [4.69, 9.17) is 16.2 Å². The zero-order valence-electron chi connectivity index (χ0n) is 36.8. The van der Waals surface area contributed by atoms with Crippen molar-refractivity contribution in [3.8, 4) is 0 Å². The molecule has 7 amide bonds. The van der Waals surface area contributed by atoms with E-state index in [1.807, 2.05) is 0 Å². The number of aromatic amines is 1. The van der Waals surface area contributed by atoms with Crippen molar-refractivity contribution in [1.82, 2.24) is 41.8 Å². The van der Waals surface area contributed by atoms with Crippen molar-refractivity contribution in [2.24, 2.45) is 23.3 Å². The standard InChI is InChI=1S/C41H60N10O13S/c1-6-18(2)33-38(60)45-14-31(55)46-28(17-65-39-24(23-9-7-8-10-26(23)48-39)12-25(42)35(57)44-15-32(56)49-33)36(58)47-27(13-30(43)54)40(61)51-16-22(53)11-29(51)37(59)50-34(41(62)63)19(3)20(4)64-21(5)52/h7-10,18-20,22,25,27-29,33-34,36,47-48,53,58H,6,11-17,42H2,1-5H3,(H2,43,54)(H,44,57)(H,45,60)(H,46,55)(H,49,56)(H,50,59)(H,62,63)/t18?,19-,20?,22?,25?,27-,28?,29?,33?,34-,36+/m0/s1. The molecule has 2 aliphatic rings. The molecule has 1 saturated heterocycles. The number of fused-ring (bicyclic) bond motifs is 3. The summed E-state index contributed by atoms with van der Waals surface area (Å²) in [5.41, 5.74) is 13.2. The Kier molecular flexibility index (Phi) is 18.6. The van der Waals surface area contributed by atoms with Gasteiger partial charge in [-0.05, 0) is 30.9 Å². The van der Waals surface area contributed by atoms with Crippen LogP contribution in [0.1, 0.15) is 59.4 Å². The summed E-state index contributed by atoms with van der Waals surface area (Å²) in [5.74, 6) is -9.43. The molecule has 1 fully saturated rings. The minimum absolute atomic E-state index is 0.0154. The highest BCUT2D eigenvalue weighted by molar-refractivity contribution is 7.99. The highest BCUT2D eigenvalue weighted by atomic mass is 32.2. The number of para-hydroxylation sites is 1. The first kappa shape index (κ1) is 51.8. The first-order valence-corrected chi connectivity index (χ1v) is 22.1. The second-order valence-corrected chi connectivity index (χ2v) is 17.4. The van der Waals surface area contributed by atoms with Gasteiger partial charge in [0.05, 0.1) is 48.8 Å². The number of carboxylic acids is 1. The molecule has 0 aliphatic carbocycles. The van der Waals surface area contributed by atoms with Gasteiger partial charge in [-0.3, -0.25) is 43.7 Å². The van der Waals surface area contributed by atoms with Gasteiger partial charge in [-0.15, -0.1) is 11.8 Å². The summed E-state index contributed by atoms with van der Waals surface area (Å²) in [6, 6.07) is -1.13. The number of ether oxygens (including phenoxy) is 1. The number of esters is 1. The minimum Gasteiger partial charge on any atom is -0.480 e. The van der Waals surface area contributed by atoms with E-state index in [0.29, 0.717) is 27.9 Å². The summed E-state index contributed by atoms with van der Waals surface area (Å²) in [6.07, 6.45) is -4.69. The summed E-state index contributed by atoms with van der Waals surface area (Å²) in [7, 11) is 0.